The topological polar surface area (TPSA) is 68.7 Å². The Morgan fingerprint density at radius 2 is 2.19 bits per heavy atom. The van der Waals surface area contributed by atoms with E-state index in [1.165, 1.54) is 31.2 Å². The van der Waals surface area contributed by atoms with Crippen LogP contribution < -0.4 is 5.32 Å². The van der Waals surface area contributed by atoms with E-state index in [0.29, 0.717) is 12.6 Å². The van der Waals surface area contributed by atoms with E-state index < -0.39 is 6.09 Å². The van der Waals surface area contributed by atoms with Crippen LogP contribution in [0.5, 0.6) is 0 Å². The van der Waals surface area contributed by atoms with Crippen molar-refractivity contribution in [2.75, 3.05) is 31.5 Å². The number of fused-ring (bicyclic) bond motifs is 2. The Hall–Kier alpha value is -1.82. The number of hydrogen-bond acceptors (Lipinski definition) is 4. The molecule has 3 aliphatic rings. The number of carbonyl (C=O) groups is 1. The molecule has 1 aromatic rings. The number of amides is 1. The van der Waals surface area contributed by atoms with Gasteiger partial charge in [0.2, 0.25) is 0 Å². The number of nitrogens with one attached hydrogen (secondary N) is 1. The number of anilines is 1. The smallest absolute Gasteiger partial charge is 0.407 e. The number of rotatable bonds is 2. The molecule has 1 spiro atoms. The molecule has 1 aliphatic carbocycles. The summed E-state index contributed by atoms with van der Waals surface area (Å²) in [5.74, 6) is 1.07. The standard InChI is InChI=1S/C20H30N4O2/c1-2-15-13-23(11-4-12-24(15)19(25)26)16-6-8-20(9-7-16)14-22-18-17(20)5-3-10-21-18/h3,5,10,15-16H,2,4,6-9,11-14H2,1H3,(H,21,22)(H,25,26). The SMILES string of the molecule is CCC1CN(C2CCC3(CC2)CNc2ncccc23)CCCN1C(=O)O. The molecule has 1 saturated heterocycles. The van der Waals surface area contributed by atoms with Crippen LogP contribution in [0.4, 0.5) is 10.6 Å². The first-order valence-electron chi connectivity index (χ1n) is 10.1. The maximum atomic E-state index is 11.5. The number of pyridine rings is 1. The molecule has 6 nitrogen and oxygen atoms in total. The lowest BCUT2D eigenvalue weighted by Crippen LogP contribution is -2.48. The molecular weight excluding hydrogens is 328 g/mol. The number of hydrogen-bond donors (Lipinski definition) is 2. The molecule has 1 aromatic heterocycles. The summed E-state index contributed by atoms with van der Waals surface area (Å²) in [6.07, 6.45) is 7.72. The van der Waals surface area contributed by atoms with Crippen molar-refractivity contribution in [1.82, 2.24) is 14.8 Å². The van der Waals surface area contributed by atoms with E-state index in [1.54, 1.807) is 4.90 Å². The molecule has 1 amide bonds. The molecule has 6 heteroatoms. The van der Waals surface area contributed by atoms with Gasteiger partial charge in [-0.1, -0.05) is 13.0 Å². The molecule has 0 radical (unpaired) electrons. The van der Waals surface area contributed by atoms with Gasteiger partial charge in [-0.05, 0) is 44.6 Å². The molecule has 3 heterocycles. The van der Waals surface area contributed by atoms with E-state index in [0.717, 1.165) is 38.3 Å². The van der Waals surface area contributed by atoms with Crippen molar-refractivity contribution in [3.05, 3.63) is 23.9 Å². The quantitative estimate of drug-likeness (QED) is 0.850. The Bertz CT molecular complexity index is 657. The van der Waals surface area contributed by atoms with Crippen LogP contribution in [0.1, 0.15) is 51.0 Å². The summed E-state index contributed by atoms with van der Waals surface area (Å²) in [5.41, 5.74) is 1.65. The molecule has 2 N–H and O–H groups in total. The predicted octanol–water partition coefficient (Wildman–Crippen LogP) is 3.15. The fourth-order valence-electron chi connectivity index (χ4n) is 5.31. The lowest BCUT2D eigenvalue weighted by Gasteiger charge is -2.42. The molecule has 0 aromatic carbocycles. The Balaban J connectivity index is 1.43. The van der Waals surface area contributed by atoms with E-state index in [4.69, 9.17) is 0 Å². The summed E-state index contributed by atoms with van der Waals surface area (Å²) in [4.78, 5) is 20.3. The van der Waals surface area contributed by atoms with Crippen LogP contribution in [-0.2, 0) is 5.41 Å². The number of carboxylic acid groups (broad SMARTS) is 1. The van der Waals surface area contributed by atoms with Gasteiger partial charge in [0.15, 0.2) is 0 Å². The maximum Gasteiger partial charge on any atom is 0.407 e. The van der Waals surface area contributed by atoms with Crippen molar-refractivity contribution in [3.8, 4) is 0 Å². The van der Waals surface area contributed by atoms with E-state index in [1.807, 2.05) is 6.20 Å². The van der Waals surface area contributed by atoms with Gasteiger partial charge in [0.05, 0.1) is 0 Å². The Kier molecular flexibility index (Phi) is 4.78. The van der Waals surface area contributed by atoms with Crippen molar-refractivity contribution in [3.63, 3.8) is 0 Å². The Morgan fingerprint density at radius 3 is 2.92 bits per heavy atom. The minimum absolute atomic E-state index is 0.129. The monoisotopic (exact) mass is 358 g/mol. The summed E-state index contributed by atoms with van der Waals surface area (Å²) >= 11 is 0. The second-order valence-corrected chi connectivity index (χ2v) is 8.15. The summed E-state index contributed by atoms with van der Waals surface area (Å²) in [6, 6.07) is 5.01. The second kappa shape index (κ2) is 7.06. The van der Waals surface area contributed by atoms with Crippen LogP contribution in [-0.4, -0.2) is 64.2 Å². The zero-order chi connectivity index (χ0) is 18.1. The van der Waals surface area contributed by atoms with Crippen LogP contribution in [0.3, 0.4) is 0 Å². The first-order chi connectivity index (χ1) is 12.6. The fourth-order valence-corrected chi connectivity index (χ4v) is 5.31. The first kappa shape index (κ1) is 17.6. The highest BCUT2D eigenvalue weighted by molar-refractivity contribution is 5.65. The van der Waals surface area contributed by atoms with Crippen molar-refractivity contribution in [2.24, 2.45) is 0 Å². The first-order valence-corrected chi connectivity index (χ1v) is 10.1. The summed E-state index contributed by atoms with van der Waals surface area (Å²) in [5, 5.41) is 13.0. The Labute approximate surface area is 155 Å². The molecule has 1 atom stereocenters. The van der Waals surface area contributed by atoms with Crippen LogP contribution in [0.15, 0.2) is 18.3 Å². The summed E-state index contributed by atoms with van der Waals surface area (Å²) < 4.78 is 0. The van der Waals surface area contributed by atoms with E-state index in [-0.39, 0.29) is 11.5 Å². The van der Waals surface area contributed by atoms with Crippen molar-refractivity contribution >= 4 is 11.9 Å². The van der Waals surface area contributed by atoms with E-state index in [2.05, 4.69) is 34.3 Å². The van der Waals surface area contributed by atoms with Gasteiger partial charge >= 0.3 is 6.09 Å². The van der Waals surface area contributed by atoms with Gasteiger partial charge in [-0.3, -0.25) is 4.90 Å². The average molecular weight is 358 g/mol. The van der Waals surface area contributed by atoms with Crippen LogP contribution >= 0.6 is 0 Å². The number of nitrogens with zero attached hydrogens (tertiary/aromatic N) is 3. The lowest BCUT2D eigenvalue weighted by molar-refractivity contribution is 0.0982. The molecule has 1 unspecified atom stereocenters. The highest BCUT2D eigenvalue weighted by Crippen LogP contribution is 2.46. The third kappa shape index (κ3) is 3.04. The molecule has 0 bridgehead atoms. The Morgan fingerprint density at radius 1 is 1.38 bits per heavy atom. The van der Waals surface area contributed by atoms with Crippen LogP contribution in [0, 0.1) is 0 Å². The fraction of sp³-hybridized carbons (Fsp3) is 0.700. The predicted molar refractivity (Wildman–Crippen MR) is 102 cm³/mol. The second-order valence-electron chi connectivity index (χ2n) is 8.15. The van der Waals surface area contributed by atoms with Gasteiger partial charge < -0.3 is 15.3 Å². The minimum Gasteiger partial charge on any atom is -0.465 e. The normalized spacial score (nSPS) is 32.1. The zero-order valence-electron chi connectivity index (χ0n) is 15.7. The third-order valence-electron chi connectivity index (χ3n) is 6.85. The van der Waals surface area contributed by atoms with Gasteiger partial charge in [0.25, 0.3) is 0 Å². The average Bonchev–Trinajstić information content (AvgIpc) is 2.87. The molecule has 26 heavy (non-hydrogen) atoms. The molecule has 4 rings (SSSR count). The third-order valence-corrected chi connectivity index (χ3v) is 6.85. The van der Waals surface area contributed by atoms with Crippen molar-refractivity contribution in [2.45, 2.75) is 62.9 Å². The molecule has 2 fully saturated rings. The zero-order valence-corrected chi connectivity index (χ0v) is 15.7. The van der Waals surface area contributed by atoms with Gasteiger partial charge in [0, 0.05) is 55.4 Å². The van der Waals surface area contributed by atoms with Crippen molar-refractivity contribution < 1.29 is 9.90 Å². The van der Waals surface area contributed by atoms with Gasteiger partial charge in [0.1, 0.15) is 5.82 Å². The van der Waals surface area contributed by atoms with Crippen LogP contribution in [0.25, 0.3) is 0 Å². The molecule has 1 saturated carbocycles. The van der Waals surface area contributed by atoms with Crippen molar-refractivity contribution in [1.29, 1.82) is 0 Å². The number of aromatic nitrogens is 1. The molecule has 2 aliphatic heterocycles. The highest BCUT2D eigenvalue weighted by Gasteiger charge is 2.43. The van der Waals surface area contributed by atoms with E-state index in [9.17, 15) is 9.90 Å². The van der Waals surface area contributed by atoms with Gasteiger partial charge in [-0.25, -0.2) is 9.78 Å². The van der Waals surface area contributed by atoms with Crippen LogP contribution in [0.2, 0.25) is 0 Å². The van der Waals surface area contributed by atoms with E-state index >= 15 is 0 Å². The largest absolute Gasteiger partial charge is 0.465 e. The maximum absolute atomic E-state index is 11.5. The molecule has 142 valence electrons. The van der Waals surface area contributed by atoms with Gasteiger partial charge in [-0.2, -0.15) is 0 Å². The molecular formula is C20H30N4O2. The van der Waals surface area contributed by atoms with Gasteiger partial charge in [-0.15, -0.1) is 0 Å². The minimum atomic E-state index is -0.762. The lowest BCUT2D eigenvalue weighted by atomic mass is 9.69. The summed E-state index contributed by atoms with van der Waals surface area (Å²) in [6.45, 7) is 5.69. The highest BCUT2D eigenvalue weighted by atomic mass is 16.4. The summed E-state index contributed by atoms with van der Waals surface area (Å²) in [7, 11) is 0.